The summed E-state index contributed by atoms with van der Waals surface area (Å²) in [4.78, 5) is 28.6. The third-order valence-electron chi connectivity index (χ3n) is 5.95. The molecule has 1 aliphatic heterocycles. The normalized spacial score (nSPS) is 15.2. The van der Waals surface area contributed by atoms with Crippen molar-refractivity contribution in [2.45, 2.75) is 19.4 Å². The van der Waals surface area contributed by atoms with Gasteiger partial charge in [0.2, 0.25) is 5.76 Å². The van der Waals surface area contributed by atoms with Crippen LogP contribution >= 0.6 is 11.6 Å². The van der Waals surface area contributed by atoms with E-state index in [0.717, 1.165) is 23.6 Å². The molecule has 1 amide bonds. The van der Waals surface area contributed by atoms with Crippen LogP contribution in [0.3, 0.4) is 0 Å². The minimum atomic E-state index is -0.758. The van der Waals surface area contributed by atoms with Gasteiger partial charge < -0.3 is 9.15 Å². The molecule has 1 unspecified atom stereocenters. The summed E-state index contributed by atoms with van der Waals surface area (Å²) < 4.78 is 25.0. The highest BCUT2D eigenvalue weighted by Gasteiger charge is 2.43. The summed E-state index contributed by atoms with van der Waals surface area (Å²) in [5.41, 5.74) is 2.23. The Morgan fingerprint density at radius 3 is 2.48 bits per heavy atom. The number of halogens is 2. The quantitative estimate of drug-likeness (QED) is 0.377. The van der Waals surface area contributed by atoms with E-state index in [9.17, 15) is 14.0 Å². The zero-order valence-electron chi connectivity index (χ0n) is 17.9. The van der Waals surface area contributed by atoms with Gasteiger partial charge in [0, 0.05) is 5.69 Å². The Labute approximate surface area is 194 Å². The number of anilines is 1. The molecule has 5 nitrogen and oxygen atoms in total. The van der Waals surface area contributed by atoms with Crippen LogP contribution in [-0.4, -0.2) is 13.0 Å². The Balaban J connectivity index is 1.78. The van der Waals surface area contributed by atoms with Crippen molar-refractivity contribution in [3.63, 3.8) is 0 Å². The van der Waals surface area contributed by atoms with Gasteiger partial charge in [0.25, 0.3) is 5.91 Å². The molecule has 166 valence electrons. The minimum absolute atomic E-state index is 0.0596. The van der Waals surface area contributed by atoms with E-state index >= 15 is 0 Å². The SMILES string of the molecule is CCc1ccc(C2c3c(oc4ccc(F)cc4c3=O)C(=O)N2c2ccc(OC)c(Cl)c2)cc1. The van der Waals surface area contributed by atoms with E-state index in [-0.39, 0.29) is 22.3 Å². The highest BCUT2D eigenvalue weighted by Crippen LogP contribution is 2.42. The van der Waals surface area contributed by atoms with Crippen molar-refractivity contribution in [1.29, 1.82) is 0 Å². The Bertz CT molecular complexity index is 1460. The summed E-state index contributed by atoms with van der Waals surface area (Å²) in [5.74, 6) is -0.625. The maximum absolute atomic E-state index is 13.9. The molecule has 0 saturated carbocycles. The topological polar surface area (TPSA) is 59.8 Å². The summed E-state index contributed by atoms with van der Waals surface area (Å²) in [5, 5.41) is 0.414. The fraction of sp³-hybridized carbons (Fsp3) is 0.154. The van der Waals surface area contributed by atoms with Gasteiger partial charge in [-0.15, -0.1) is 0 Å². The van der Waals surface area contributed by atoms with Crippen LogP contribution in [0.1, 0.15) is 40.2 Å². The molecule has 4 aromatic rings. The van der Waals surface area contributed by atoms with E-state index in [1.165, 1.54) is 24.1 Å². The lowest BCUT2D eigenvalue weighted by molar-refractivity contribution is 0.0971. The molecule has 0 spiro atoms. The third-order valence-corrected chi connectivity index (χ3v) is 6.24. The number of hydrogen-bond acceptors (Lipinski definition) is 4. The number of nitrogens with zero attached hydrogens (tertiary/aromatic N) is 1. The second kappa shape index (κ2) is 8.05. The van der Waals surface area contributed by atoms with E-state index in [2.05, 4.69) is 0 Å². The van der Waals surface area contributed by atoms with Crippen LogP contribution in [0.5, 0.6) is 5.75 Å². The van der Waals surface area contributed by atoms with Crippen molar-refractivity contribution in [2.75, 3.05) is 12.0 Å². The highest BCUT2D eigenvalue weighted by atomic mass is 35.5. The molecule has 33 heavy (non-hydrogen) atoms. The lowest BCUT2D eigenvalue weighted by Gasteiger charge is -2.26. The molecule has 0 bridgehead atoms. The number of rotatable bonds is 4. The Kier molecular flexibility index (Phi) is 5.17. The molecule has 2 heterocycles. The van der Waals surface area contributed by atoms with Gasteiger partial charge in [-0.3, -0.25) is 14.5 Å². The summed E-state index contributed by atoms with van der Waals surface area (Å²) in [6.07, 6.45) is 0.852. The van der Waals surface area contributed by atoms with Crippen LogP contribution in [0.25, 0.3) is 11.0 Å². The fourth-order valence-corrected chi connectivity index (χ4v) is 4.52. The number of benzene rings is 3. The summed E-state index contributed by atoms with van der Waals surface area (Å²) in [6.45, 7) is 2.05. The van der Waals surface area contributed by atoms with E-state index in [0.29, 0.717) is 16.5 Å². The van der Waals surface area contributed by atoms with E-state index in [1.54, 1.807) is 18.2 Å². The first-order chi connectivity index (χ1) is 15.9. The maximum atomic E-state index is 13.9. The van der Waals surface area contributed by atoms with Crippen molar-refractivity contribution in [2.24, 2.45) is 0 Å². The van der Waals surface area contributed by atoms with Crippen molar-refractivity contribution >= 4 is 34.2 Å². The Hall–Kier alpha value is -3.64. The number of methoxy groups -OCH3 is 1. The molecule has 1 aliphatic rings. The van der Waals surface area contributed by atoms with E-state index in [1.807, 2.05) is 31.2 Å². The number of carbonyl (C=O) groups excluding carboxylic acids is 1. The number of aryl methyl sites for hydroxylation is 1. The van der Waals surface area contributed by atoms with Crippen molar-refractivity contribution in [1.82, 2.24) is 0 Å². The van der Waals surface area contributed by atoms with E-state index < -0.39 is 23.2 Å². The monoisotopic (exact) mass is 463 g/mol. The zero-order chi connectivity index (χ0) is 23.3. The molecule has 5 rings (SSSR count). The van der Waals surface area contributed by atoms with Crippen molar-refractivity contribution in [3.05, 3.63) is 104 Å². The van der Waals surface area contributed by atoms with Gasteiger partial charge in [0.15, 0.2) is 5.43 Å². The molecule has 1 aromatic heterocycles. The first-order valence-electron chi connectivity index (χ1n) is 10.4. The van der Waals surface area contributed by atoms with Gasteiger partial charge in [-0.05, 0) is 53.9 Å². The molecule has 0 N–H and O–H groups in total. The maximum Gasteiger partial charge on any atom is 0.295 e. The number of amides is 1. The molecule has 1 atom stereocenters. The van der Waals surface area contributed by atoms with Crippen molar-refractivity contribution < 1.29 is 18.3 Å². The zero-order valence-corrected chi connectivity index (χ0v) is 18.7. The molecule has 0 saturated heterocycles. The van der Waals surface area contributed by atoms with Crippen LogP contribution in [-0.2, 0) is 6.42 Å². The van der Waals surface area contributed by atoms with Gasteiger partial charge in [0.05, 0.1) is 29.1 Å². The molecule has 3 aromatic carbocycles. The fourth-order valence-electron chi connectivity index (χ4n) is 4.27. The molecule has 0 fully saturated rings. The predicted octanol–water partition coefficient (Wildman–Crippen LogP) is 5.91. The molecule has 0 aliphatic carbocycles. The van der Waals surface area contributed by atoms with Gasteiger partial charge >= 0.3 is 0 Å². The number of hydrogen-bond donors (Lipinski definition) is 0. The second-order valence-corrected chi connectivity index (χ2v) is 8.21. The Morgan fingerprint density at radius 1 is 1.06 bits per heavy atom. The lowest BCUT2D eigenvalue weighted by Crippen LogP contribution is -2.29. The highest BCUT2D eigenvalue weighted by molar-refractivity contribution is 6.32. The molecule has 7 heteroatoms. The van der Waals surface area contributed by atoms with Gasteiger partial charge in [-0.2, -0.15) is 0 Å². The Morgan fingerprint density at radius 2 is 1.82 bits per heavy atom. The van der Waals surface area contributed by atoms with Crippen LogP contribution in [0.15, 0.2) is 69.9 Å². The predicted molar refractivity (Wildman–Crippen MR) is 125 cm³/mol. The lowest BCUT2D eigenvalue weighted by atomic mass is 9.97. The number of carbonyl (C=O) groups is 1. The summed E-state index contributed by atoms with van der Waals surface area (Å²) in [7, 11) is 1.50. The van der Waals surface area contributed by atoms with Crippen LogP contribution in [0, 0.1) is 5.82 Å². The minimum Gasteiger partial charge on any atom is -0.495 e. The summed E-state index contributed by atoms with van der Waals surface area (Å²) >= 11 is 6.34. The smallest absolute Gasteiger partial charge is 0.295 e. The third kappa shape index (κ3) is 3.38. The number of fused-ring (bicyclic) bond motifs is 2. The summed E-state index contributed by atoms with van der Waals surface area (Å²) in [6, 6.07) is 15.6. The van der Waals surface area contributed by atoms with Crippen LogP contribution in [0.4, 0.5) is 10.1 Å². The van der Waals surface area contributed by atoms with Crippen LogP contribution in [0.2, 0.25) is 5.02 Å². The molecular weight excluding hydrogens is 445 g/mol. The number of ether oxygens (including phenoxy) is 1. The second-order valence-electron chi connectivity index (χ2n) is 7.81. The van der Waals surface area contributed by atoms with Crippen molar-refractivity contribution in [3.8, 4) is 5.75 Å². The van der Waals surface area contributed by atoms with Gasteiger partial charge in [-0.25, -0.2) is 4.39 Å². The molecule has 0 radical (unpaired) electrons. The largest absolute Gasteiger partial charge is 0.495 e. The first-order valence-corrected chi connectivity index (χ1v) is 10.8. The average molecular weight is 464 g/mol. The van der Waals surface area contributed by atoms with Gasteiger partial charge in [-0.1, -0.05) is 42.8 Å². The van der Waals surface area contributed by atoms with Gasteiger partial charge in [0.1, 0.15) is 17.1 Å². The average Bonchev–Trinajstić information content (AvgIpc) is 3.12. The standard InChI is InChI=1S/C26H19ClFNO4/c1-3-14-4-6-15(7-5-14)23-22-24(30)18-12-16(28)8-10-20(18)33-25(22)26(31)29(23)17-9-11-21(32-2)19(27)13-17/h4-13,23H,3H2,1-2H3. The van der Waals surface area contributed by atoms with E-state index in [4.69, 9.17) is 20.8 Å². The first kappa shape index (κ1) is 21.2. The van der Waals surface area contributed by atoms with Crippen LogP contribution < -0.4 is 15.1 Å². The molecular formula is C26H19ClFNO4.